The fourth-order valence-electron chi connectivity index (χ4n) is 34.4. The molecular weight excluding hydrogens is 1970 g/mol. The zero-order valence-electron chi connectivity index (χ0n) is 82.1. The van der Waals surface area contributed by atoms with Crippen LogP contribution in [0.5, 0.6) is 0 Å². The second kappa shape index (κ2) is 41.7. The quantitative estimate of drug-likeness (QED) is 0.0309. The van der Waals surface area contributed by atoms with Crippen molar-refractivity contribution in [1.82, 2.24) is 15.0 Å². The van der Waals surface area contributed by atoms with Crippen LogP contribution in [0.3, 0.4) is 0 Å². The Morgan fingerprint density at radius 3 is 1.12 bits per heavy atom. The number of ketones is 1. The molecule has 0 radical (unpaired) electrons. The standard InChI is InChI=1S/C26H33NO2.C24H31NO.C19H27IO.C19H30N2O.C19H28O2.C6H7N.Cl2H4P4.Pd/c1-17(28)29-20-10-12-25(2)19(15-20)6-7-21-23-9-8-22(18-5-4-14-27-16-18)26(23,3)13-11-24(21)25;1-23-11-9-18(26)14-17(23)5-6-19-21-8-7-20(16-4-3-13-25-15-16)24(21,2)12-10-22(19)23;1-18-9-7-13(21)11-12(18)3-4-14-15-5-6-17(20)19(15,2)10-8-16(14)18;1-18-9-7-13(22)11-12(18)3-4-14-15-5-6-17(21-20)19(15,2)10-8-16(14)18;1-18-9-7-13(20)11-12(18)3-4-14-15-5-6-17(21)19(15,2)10-8-16(14)18;1-6-3-2-4-7-5-6;1-6(2)5-4-3;/h4-6,8,14,16,20-21,23-24H,7,9-13,15H2,1-3H3;3-5,7,13,15,18-19,21-22,26H,6,8-12,14H2,1-2H3;3,6,13-16,21H,4-5,7-11H2,1-2H3;3,13-16,22H,4-11,20H2,1-2H3;3,13-16,20H,4-11H2,1-2H3;2-5H,1H3;4-5H,3H2;/b;;;21-17-;;;;/t20-,21?,23?,24?,25-,26+;18-,19?,21?,22?,23-,24+;3*13-,14?,15?,16?,18-,19-;;;/m00000.../s1. The van der Waals surface area contributed by atoms with Crippen LogP contribution in [0.1, 0.15) is 330 Å². The molecule has 0 aromatic carbocycles. The molecule has 3 aromatic rings. The third-order valence-corrected chi connectivity index (χ3v) is 55.5. The summed E-state index contributed by atoms with van der Waals surface area (Å²) in [6.45, 7) is 28.2. The number of allylic oxidation sites excluding steroid dienone is 11. The fourth-order valence-corrected chi connectivity index (χ4v) is 47.1. The van der Waals surface area contributed by atoms with Crippen molar-refractivity contribution < 1.29 is 55.2 Å². The molecule has 20 aliphatic carbocycles. The van der Waals surface area contributed by atoms with Crippen molar-refractivity contribution >= 4 is 105 Å². The Labute approximate surface area is 843 Å². The van der Waals surface area contributed by atoms with Gasteiger partial charge >= 0.3 is 5.97 Å². The second-order valence-corrected chi connectivity index (χ2v) is 61.6. The fraction of sp³-hybridized carbons (Fsp3) is 0.699. The van der Waals surface area contributed by atoms with Gasteiger partial charge in [0.2, 0.25) is 0 Å². The maximum Gasteiger partial charge on any atom is 0.302 e. The summed E-state index contributed by atoms with van der Waals surface area (Å²) in [5.41, 5.74) is 19.0. The number of nitrogens with zero attached hydrogens (tertiary/aromatic N) is 4. The van der Waals surface area contributed by atoms with E-state index >= 15 is 0 Å². The van der Waals surface area contributed by atoms with E-state index in [0.717, 1.165) is 202 Å². The number of esters is 1. The molecule has 20 heteroatoms. The molecule has 33 atom stereocenters. The molecular formula is C113H160Cl2IN5O7P4Pd. The number of halogens is 3. The van der Waals surface area contributed by atoms with Crippen molar-refractivity contribution in [2.75, 3.05) is 0 Å². The van der Waals surface area contributed by atoms with Gasteiger partial charge in [-0.15, -0.1) is 8.93 Å². The van der Waals surface area contributed by atoms with Gasteiger partial charge in [-0.3, -0.25) is 24.5 Å². The normalized spacial score (nSPS) is 44.0. The largest absolute Gasteiger partial charge is 0.462 e. The predicted octanol–water partition coefficient (Wildman–Crippen LogP) is 29.3. The maximum absolute atomic E-state index is 12.4. The summed E-state index contributed by atoms with van der Waals surface area (Å²) in [6.07, 6.45) is 72.9. The Morgan fingerprint density at radius 1 is 0.436 bits per heavy atom. The van der Waals surface area contributed by atoms with Gasteiger partial charge in [0, 0.05) is 99.3 Å². The molecule has 0 saturated heterocycles. The SMILES string of the molecule is CC(=O)O[C@H]1CC[C@@]2(C)C(=CCC3C2CC[C@]2(C)C(c4cccnc4)=CCC32)C1.C[C@]12CC[C@H](O)CC1=CCC1C2CC[C@]2(C)/C(=N\N)CCC12.C[C@]12CC[C@H](O)CC1=CCC1C2CC[C@]2(C)C(=O)CCC12.C[C@]12CC[C@H](O)CC1=CCC1C2CC[C@]2(C)C(I)=CCC12.C[C@]12CC[C@H](O)CC1=CCC1C2CC[C@]2(C)C(c3cccnc3)=CCC12.Cc1cccnc1.PPPP(Cl)Cl.[Pd]. The molecule has 12 fully saturated rings. The number of aliphatic hydroxyl groups excluding tert-OH is 4. The van der Waals surface area contributed by atoms with Crippen LogP contribution < -0.4 is 5.84 Å². The molecule has 18 unspecified atom stereocenters. The van der Waals surface area contributed by atoms with Gasteiger partial charge in [-0.2, -0.15) is 5.10 Å². The first-order valence-corrected chi connectivity index (χ1v) is 61.8. The molecule has 133 heavy (non-hydrogen) atoms. The van der Waals surface area contributed by atoms with Crippen LogP contribution in [-0.2, 0) is 34.7 Å². The zero-order valence-corrected chi connectivity index (χ0v) is 91.4. The predicted molar refractivity (Wildman–Crippen MR) is 561 cm³/mol. The second-order valence-electron chi connectivity index (χ2n) is 47.7. The van der Waals surface area contributed by atoms with Crippen molar-refractivity contribution in [2.45, 2.75) is 351 Å². The van der Waals surface area contributed by atoms with Crippen LogP contribution in [0.4, 0.5) is 0 Å². The maximum atomic E-state index is 12.4. The number of fused-ring (bicyclic) bond motifs is 25. The topological polar surface area (TPSA) is 201 Å². The number of aromatic nitrogens is 3. The van der Waals surface area contributed by atoms with E-state index in [0.29, 0.717) is 50.1 Å². The minimum Gasteiger partial charge on any atom is -0.462 e. The van der Waals surface area contributed by atoms with Crippen LogP contribution in [0.2, 0.25) is 0 Å². The van der Waals surface area contributed by atoms with E-state index < -0.39 is 6.32 Å². The minimum absolute atomic E-state index is 0. The number of pyridine rings is 3. The molecule has 730 valence electrons. The van der Waals surface area contributed by atoms with Crippen LogP contribution in [0.25, 0.3) is 11.1 Å². The Kier molecular flexibility index (Phi) is 32.4. The van der Waals surface area contributed by atoms with Gasteiger partial charge in [0.1, 0.15) is 18.2 Å². The van der Waals surface area contributed by atoms with Crippen molar-refractivity contribution in [3.8, 4) is 0 Å². The summed E-state index contributed by atoms with van der Waals surface area (Å²) in [6, 6.07) is 12.6. The summed E-state index contributed by atoms with van der Waals surface area (Å²) in [5, 5.41) is 44.4. The summed E-state index contributed by atoms with van der Waals surface area (Å²) in [5.74, 6) is 17.7. The molecule has 0 bridgehead atoms. The first-order valence-electron chi connectivity index (χ1n) is 51.9. The summed E-state index contributed by atoms with van der Waals surface area (Å²) in [7, 11) is 4.22. The van der Waals surface area contributed by atoms with E-state index in [-0.39, 0.29) is 78.6 Å². The Hall–Kier alpha value is -2.49. The van der Waals surface area contributed by atoms with Crippen LogP contribution in [0, 0.1) is 150 Å². The number of hydrogen-bond donors (Lipinski definition) is 5. The van der Waals surface area contributed by atoms with E-state index in [2.05, 4.69) is 194 Å². The summed E-state index contributed by atoms with van der Waals surface area (Å²) >= 11 is 13.4. The van der Waals surface area contributed by atoms with Gasteiger partial charge in [0.05, 0.1) is 24.4 Å². The number of aryl methyl sites for hydroxylation is 1. The number of Topliss-reactive ketones (excluding diaryl/α,β-unsaturated/α-hetero) is 1. The Balaban J connectivity index is 0.000000117. The smallest absolute Gasteiger partial charge is 0.302 e. The molecule has 23 rings (SSSR count). The Bertz CT molecular complexity index is 4970. The number of rotatable bonds is 5. The molecule has 6 N–H and O–H groups in total. The van der Waals surface area contributed by atoms with Crippen molar-refractivity contribution in [3.05, 3.63) is 170 Å². The zero-order chi connectivity index (χ0) is 93.5. The number of hydrazone groups is 1. The summed E-state index contributed by atoms with van der Waals surface area (Å²) in [4.78, 5) is 36.4. The van der Waals surface area contributed by atoms with Gasteiger partial charge < -0.3 is 31.0 Å². The van der Waals surface area contributed by atoms with Crippen molar-refractivity contribution in [3.63, 3.8) is 0 Å². The molecule has 3 aromatic heterocycles. The van der Waals surface area contributed by atoms with Crippen molar-refractivity contribution in [1.29, 1.82) is 0 Å². The number of nitrogens with two attached hydrogens (primary N) is 1. The van der Waals surface area contributed by atoms with Gasteiger partial charge in [-0.1, -0.05) is 194 Å². The number of carbonyl (C=O) groups excluding carboxylic acids is 2. The minimum atomic E-state index is -0.637. The third kappa shape index (κ3) is 19.5. The van der Waals surface area contributed by atoms with Gasteiger partial charge in [-0.25, -0.2) is 0 Å². The number of carbonyl (C=O) groups is 2. The number of aliphatic hydroxyl groups is 4. The molecule has 12 saturated carbocycles. The average molecular weight is 2130 g/mol. The number of ether oxygens (including phenoxy) is 1. The monoisotopic (exact) mass is 2130 g/mol. The Morgan fingerprint density at radius 2 is 0.767 bits per heavy atom. The molecule has 20 aliphatic rings. The van der Waals surface area contributed by atoms with Gasteiger partial charge in [0.15, 0.2) is 0 Å². The van der Waals surface area contributed by atoms with E-state index in [1.807, 2.05) is 50.0 Å². The van der Waals surface area contributed by atoms with Crippen LogP contribution in [-0.4, -0.2) is 83.4 Å². The van der Waals surface area contributed by atoms with E-state index in [4.69, 9.17) is 33.1 Å². The average Bonchev–Trinajstić information content (AvgIpc) is 1.58. The summed E-state index contributed by atoms with van der Waals surface area (Å²) < 4.78 is 7.20. The van der Waals surface area contributed by atoms with Crippen LogP contribution in [0.15, 0.2) is 159 Å². The van der Waals surface area contributed by atoms with Gasteiger partial charge in [0.25, 0.3) is 0 Å². The first-order chi connectivity index (χ1) is 63.0. The van der Waals surface area contributed by atoms with Gasteiger partial charge in [-0.05, 0) is 438 Å². The molecule has 0 spiro atoms. The van der Waals surface area contributed by atoms with Crippen molar-refractivity contribution in [2.24, 2.45) is 154 Å². The molecule has 0 amide bonds. The van der Waals surface area contributed by atoms with E-state index in [1.54, 1.807) is 37.6 Å². The van der Waals surface area contributed by atoms with E-state index in [9.17, 15) is 30.0 Å². The van der Waals surface area contributed by atoms with E-state index in [1.165, 1.54) is 169 Å². The first kappa shape index (κ1) is 103. The third-order valence-electron chi connectivity index (χ3n) is 41.9. The molecule has 12 nitrogen and oxygen atoms in total. The molecule has 3 heterocycles. The molecule has 0 aliphatic heterocycles. The number of hydrogen-bond acceptors (Lipinski definition) is 12. The van der Waals surface area contributed by atoms with Crippen LogP contribution >= 0.6 is 76.2 Å².